The minimum absolute atomic E-state index is 0.442. The molecule has 15 rings (SSSR count). The molecule has 296 valence electrons. The molecule has 64 heavy (non-hydrogen) atoms. The predicted molar refractivity (Wildman–Crippen MR) is 263 cm³/mol. The average molecular weight is 811 g/mol. The van der Waals surface area contributed by atoms with Gasteiger partial charge in [-0.05, 0) is 109 Å². The first kappa shape index (κ1) is 34.4. The Kier molecular flexibility index (Phi) is 6.58. The highest BCUT2D eigenvalue weighted by Crippen LogP contribution is 2.66. The Hall–Kier alpha value is -8.20. The highest BCUT2D eigenvalue weighted by atomic mass is 15.1. The topological polar surface area (TPSA) is 8.17 Å². The summed E-state index contributed by atoms with van der Waals surface area (Å²) in [5.41, 5.74) is 24.6. The van der Waals surface area contributed by atoms with Gasteiger partial charge in [0.1, 0.15) is 0 Å². The standard InChI is InChI=1S/C62H38N2/c1-2-18-39(19-3-1)63(57-35-17-32-54-59(57)47-25-8-14-31-52(47)61(54)48-27-10-4-20-41(48)42-21-5-11-28-49(42)61)40-36-37-53-58(38-40)64-56-34-15-9-24-45(56)46-26-16-33-55(60(46)64)62(53)50-29-12-6-22-43(50)44-23-7-13-30-51(44)62/h1-38H. The molecule has 0 fully saturated rings. The van der Waals surface area contributed by atoms with Gasteiger partial charge in [-0.2, -0.15) is 0 Å². The van der Waals surface area contributed by atoms with Crippen LogP contribution in [0, 0.1) is 0 Å². The Morgan fingerprint density at radius 3 is 1.42 bits per heavy atom. The molecule has 0 atom stereocenters. The Bertz CT molecular complexity index is 3720. The Labute approximate surface area is 371 Å². The molecule has 2 spiro atoms. The minimum Gasteiger partial charge on any atom is -0.310 e. The maximum atomic E-state index is 2.57. The predicted octanol–water partition coefficient (Wildman–Crippen LogP) is 15.3. The van der Waals surface area contributed by atoms with Gasteiger partial charge < -0.3 is 9.47 Å². The van der Waals surface area contributed by atoms with Gasteiger partial charge in [0.2, 0.25) is 0 Å². The molecule has 1 aliphatic heterocycles. The number of hydrogen-bond donors (Lipinski definition) is 0. The molecule has 3 aliphatic carbocycles. The maximum absolute atomic E-state index is 2.57. The smallest absolute Gasteiger partial charge is 0.0754 e. The first-order valence-electron chi connectivity index (χ1n) is 22.4. The van der Waals surface area contributed by atoms with Gasteiger partial charge in [-0.3, -0.25) is 0 Å². The zero-order valence-electron chi connectivity index (χ0n) is 34.8. The van der Waals surface area contributed by atoms with Crippen molar-refractivity contribution >= 4 is 38.9 Å². The summed E-state index contributed by atoms with van der Waals surface area (Å²) in [7, 11) is 0. The van der Waals surface area contributed by atoms with Crippen LogP contribution in [0.5, 0.6) is 0 Å². The molecule has 0 amide bonds. The number of benzene rings is 10. The van der Waals surface area contributed by atoms with Crippen molar-refractivity contribution in [3.8, 4) is 39.1 Å². The summed E-state index contributed by atoms with van der Waals surface area (Å²) in [6.45, 7) is 0. The van der Waals surface area contributed by atoms with Gasteiger partial charge in [0.15, 0.2) is 0 Å². The number of nitrogens with zero attached hydrogens (tertiary/aromatic N) is 2. The molecule has 2 heterocycles. The number of rotatable bonds is 3. The first-order chi connectivity index (χ1) is 31.8. The minimum atomic E-state index is -0.509. The number of aromatic nitrogens is 1. The van der Waals surface area contributed by atoms with E-state index in [1.165, 1.54) is 111 Å². The molecule has 2 nitrogen and oxygen atoms in total. The monoisotopic (exact) mass is 810 g/mol. The van der Waals surface area contributed by atoms with Crippen molar-refractivity contribution in [1.82, 2.24) is 4.57 Å². The number of anilines is 3. The van der Waals surface area contributed by atoms with Crippen LogP contribution in [0.2, 0.25) is 0 Å². The average Bonchev–Trinajstić information content (AvgIpc) is 4.06. The van der Waals surface area contributed by atoms with E-state index in [0.717, 1.165) is 11.4 Å². The summed E-state index contributed by atoms with van der Waals surface area (Å²) in [5, 5.41) is 2.55. The second-order valence-electron chi connectivity index (χ2n) is 17.9. The third kappa shape index (κ3) is 3.95. The highest BCUT2D eigenvalue weighted by Gasteiger charge is 2.53. The Balaban J connectivity index is 1.05. The van der Waals surface area contributed by atoms with Crippen LogP contribution >= 0.6 is 0 Å². The van der Waals surface area contributed by atoms with Crippen LogP contribution in [0.4, 0.5) is 17.1 Å². The van der Waals surface area contributed by atoms with E-state index in [0.29, 0.717) is 0 Å². The molecule has 0 saturated carbocycles. The molecule has 11 aromatic rings. The van der Waals surface area contributed by atoms with Gasteiger partial charge in [-0.15, -0.1) is 0 Å². The zero-order valence-corrected chi connectivity index (χ0v) is 34.8. The molecule has 0 radical (unpaired) electrons. The van der Waals surface area contributed by atoms with Crippen LogP contribution in [-0.2, 0) is 10.8 Å². The van der Waals surface area contributed by atoms with Gasteiger partial charge in [0, 0.05) is 27.7 Å². The molecule has 10 aromatic carbocycles. The van der Waals surface area contributed by atoms with E-state index in [2.05, 4.69) is 240 Å². The Morgan fingerprint density at radius 1 is 0.312 bits per heavy atom. The van der Waals surface area contributed by atoms with Gasteiger partial charge in [0.05, 0.1) is 33.2 Å². The largest absolute Gasteiger partial charge is 0.310 e. The third-order valence-corrected chi connectivity index (χ3v) is 15.2. The fourth-order valence-electron chi connectivity index (χ4n) is 13.0. The van der Waals surface area contributed by atoms with Crippen molar-refractivity contribution in [2.75, 3.05) is 4.90 Å². The van der Waals surface area contributed by atoms with Crippen LogP contribution in [0.1, 0.15) is 44.5 Å². The molecular formula is C62H38N2. The van der Waals surface area contributed by atoms with Crippen molar-refractivity contribution in [3.05, 3.63) is 275 Å². The molecule has 0 N–H and O–H groups in total. The van der Waals surface area contributed by atoms with E-state index < -0.39 is 10.8 Å². The number of para-hydroxylation sites is 3. The summed E-state index contributed by atoms with van der Waals surface area (Å²) < 4.78 is 2.57. The van der Waals surface area contributed by atoms with Crippen LogP contribution in [0.15, 0.2) is 231 Å². The lowest BCUT2D eigenvalue weighted by Crippen LogP contribution is -2.33. The van der Waals surface area contributed by atoms with Crippen LogP contribution in [-0.4, -0.2) is 4.57 Å². The van der Waals surface area contributed by atoms with Gasteiger partial charge in [0.25, 0.3) is 0 Å². The van der Waals surface area contributed by atoms with E-state index in [-0.39, 0.29) is 0 Å². The first-order valence-corrected chi connectivity index (χ1v) is 22.4. The quantitative estimate of drug-likeness (QED) is 0.173. The Morgan fingerprint density at radius 2 is 0.781 bits per heavy atom. The van der Waals surface area contributed by atoms with E-state index in [1.807, 2.05) is 0 Å². The zero-order chi connectivity index (χ0) is 41.7. The fraction of sp³-hybridized carbons (Fsp3) is 0.0323. The molecular weight excluding hydrogens is 773 g/mol. The maximum Gasteiger partial charge on any atom is 0.0754 e. The molecule has 4 aliphatic rings. The van der Waals surface area contributed by atoms with Crippen molar-refractivity contribution in [3.63, 3.8) is 0 Å². The SMILES string of the molecule is c1ccc(N(c2ccc3c(c2)-n2c4ccccc4c4cccc(c42)C32c3ccccc3-c3ccccc32)c2cccc3c2-c2ccccc2C32c3ccccc3-c3ccccc32)cc1. The second kappa shape index (κ2) is 12.2. The van der Waals surface area contributed by atoms with E-state index >= 15 is 0 Å². The lowest BCUT2D eigenvalue weighted by Gasteiger charge is -2.40. The van der Waals surface area contributed by atoms with Gasteiger partial charge >= 0.3 is 0 Å². The molecule has 0 bridgehead atoms. The second-order valence-corrected chi connectivity index (χ2v) is 17.9. The van der Waals surface area contributed by atoms with Gasteiger partial charge in [-0.25, -0.2) is 0 Å². The van der Waals surface area contributed by atoms with Crippen molar-refractivity contribution in [2.45, 2.75) is 10.8 Å². The number of hydrogen-bond acceptors (Lipinski definition) is 1. The summed E-state index contributed by atoms with van der Waals surface area (Å²) in [6, 6.07) is 86.9. The van der Waals surface area contributed by atoms with E-state index in [4.69, 9.17) is 0 Å². The van der Waals surface area contributed by atoms with Gasteiger partial charge in [-0.1, -0.05) is 194 Å². The van der Waals surface area contributed by atoms with Crippen molar-refractivity contribution in [1.29, 1.82) is 0 Å². The highest BCUT2D eigenvalue weighted by molar-refractivity contribution is 6.13. The van der Waals surface area contributed by atoms with Crippen LogP contribution in [0.3, 0.4) is 0 Å². The molecule has 2 heteroatoms. The normalized spacial score (nSPS) is 14.5. The number of fused-ring (bicyclic) bond motifs is 22. The van der Waals surface area contributed by atoms with E-state index in [9.17, 15) is 0 Å². The van der Waals surface area contributed by atoms with Crippen molar-refractivity contribution < 1.29 is 0 Å². The molecule has 0 saturated heterocycles. The summed E-state index contributed by atoms with van der Waals surface area (Å²) in [6.07, 6.45) is 0. The van der Waals surface area contributed by atoms with Crippen LogP contribution in [0.25, 0.3) is 60.9 Å². The van der Waals surface area contributed by atoms with Crippen LogP contribution < -0.4 is 4.90 Å². The molecule has 1 aromatic heterocycles. The summed E-state index contributed by atoms with van der Waals surface area (Å²) in [5.74, 6) is 0. The third-order valence-electron chi connectivity index (χ3n) is 15.2. The fourth-order valence-corrected chi connectivity index (χ4v) is 13.0. The lowest BCUT2D eigenvalue weighted by molar-refractivity contribution is 0.748. The summed E-state index contributed by atoms with van der Waals surface area (Å²) >= 11 is 0. The van der Waals surface area contributed by atoms with E-state index in [1.54, 1.807) is 0 Å². The lowest BCUT2D eigenvalue weighted by atomic mass is 9.65. The summed E-state index contributed by atoms with van der Waals surface area (Å²) in [4.78, 5) is 2.52. The molecule has 0 unspecified atom stereocenters. The van der Waals surface area contributed by atoms with Crippen molar-refractivity contribution in [2.24, 2.45) is 0 Å².